The van der Waals surface area contributed by atoms with Gasteiger partial charge in [-0.25, -0.2) is 0 Å². The average Bonchev–Trinajstić information content (AvgIpc) is 1.61. The number of rotatable bonds is 3. The molecule has 0 heterocycles. The Morgan fingerprint density at radius 1 is 1.00 bits per heavy atom. The maximum absolute atomic E-state index is 9.64. The summed E-state index contributed by atoms with van der Waals surface area (Å²) in [6.07, 6.45) is -0.593. The molecule has 2 N–H and O–H groups in total. The summed E-state index contributed by atoms with van der Waals surface area (Å²) in [4.78, 5) is 19.3. The number of carboxylic acid groups (broad SMARTS) is 2. The van der Waals surface area contributed by atoms with Gasteiger partial charge in [0, 0.05) is 0 Å². The van der Waals surface area contributed by atoms with Crippen LogP contribution in [0.25, 0.3) is 0 Å². The second-order valence-corrected chi connectivity index (χ2v) is 1.29. The molecule has 0 spiro atoms. The summed E-state index contributed by atoms with van der Waals surface area (Å²) in [5.41, 5.74) is 0. The third kappa shape index (κ3) is 15.7. The zero-order chi connectivity index (χ0) is 6.57. The average molecular weight is 160 g/mol. The Morgan fingerprint density at radius 2 is 1.20 bits per heavy atom. The minimum atomic E-state index is -1.08. The van der Waals surface area contributed by atoms with Crippen LogP contribution in [-0.2, 0) is 9.59 Å². The summed E-state index contributed by atoms with van der Waals surface area (Å²) in [6, 6.07) is 0. The van der Waals surface area contributed by atoms with E-state index in [1.807, 2.05) is 0 Å². The predicted octanol–water partition coefficient (Wildman–Crippen LogP) is -6.06. The quantitative estimate of drug-likeness (QED) is 0.403. The smallest absolute Gasteiger partial charge is 1.00 e. The van der Waals surface area contributed by atoms with Gasteiger partial charge in [-0.1, -0.05) is 0 Å². The molecule has 0 radical (unpaired) electrons. The van der Waals surface area contributed by atoms with E-state index in [-0.39, 0.29) is 44.1 Å². The van der Waals surface area contributed by atoms with Gasteiger partial charge in [0.05, 0.1) is 12.8 Å². The Balaban J connectivity index is -0.000000245. The number of hydrogen-bond donors (Lipinski definition) is 2. The van der Waals surface area contributed by atoms with Gasteiger partial charge in [-0.3, -0.25) is 9.59 Å². The maximum atomic E-state index is 9.64. The van der Waals surface area contributed by atoms with Gasteiger partial charge in [0.2, 0.25) is 0 Å². The van der Waals surface area contributed by atoms with Crippen molar-refractivity contribution in [1.29, 1.82) is 0 Å². The zero-order valence-electron chi connectivity index (χ0n) is 5.50. The fraction of sp³-hybridized carbons (Fsp3) is 0.500. The molecule has 0 fully saturated rings. The Bertz CT molecular complexity index is 102. The standard InChI is InChI=1S/C4H6O4.ClH.Li/c5-3(6)1-2-4(7)8;;/h1-2H2,(H,5,6)(H,7,8);1H;/q;;+1/p-1. The van der Waals surface area contributed by atoms with E-state index in [4.69, 9.17) is 10.2 Å². The fourth-order valence-corrected chi connectivity index (χ4v) is 0.214. The minimum absolute atomic E-state index is 0. The molecule has 0 aromatic heterocycles. The first-order chi connectivity index (χ1) is 3.63. The minimum Gasteiger partial charge on any atom is -1.00 e. The Morgan fingerprint density at radius 3 is 1.30 bits per heavy atom. The molecule has 0 bridgehead atoms. The van der Waals surface area contributed by atoms with E-state index in [0.29, 0.717) is 0 Å². The van der Waals surface area contributed by atoms with Crippen LogP contribution >= 0.6 is 0 Å². The second-order valence-electron chi connectivity index (χ2n) is 1.29. The van der Waals surface area contributed by atoms with Gasteiger partial charge in [-0.15, -0.1) is 0 Å². The molecule has 4 nitrogen and oxygen atoms in total. The number of hydrogen-bond acceptors (Lipinski definition) is 2. The SMILES string of the molecule is O=C(O)CCC(=O)O.[Cl-].[Li+]. The van der Waals surface area contributed by atoms with Crippen molar-refractivity contribution in [3.63, 3.8) is 0 Å². The van der Waals surface area contributed by atoms with Crippen LogP contribution in [0.2, 0.25) is 0 Å². The molecule has 0 saturated carbocycles. The summed E-state index contributed by atoms with van der Waals surface area (Å²) in [7, 11) is 0. The summed E-state index contributed by atoms with van der Waals surface area (Å²) in [6.45, 7) is 0. The van der Waals surface area contributed by atoms with Crippen molar-refractivity contribution in [2.75, 3.05) is 0 Å². The molecule has 0 atom stereocenters. The maximum Gasteiger partial charge on any atom is 1.00 e. The van der Waals surface area contributed by atoms with Crippen molar-refractivity contribution < 1.29 is 51.1 Å². The van der Waals surface area contributed by atoms with Crippen LogP contribution in [0.3, 0.4) is 0 Å². The molecule has 6 heteroatoms. The molecule has 0 aliphatic carbocycles. The topological polar surface area (TPSA) is 74.6 Å². The number of carbonyl (C=O) groups is 2. The first-order valence-corrected chi connectivity index (χ1v) is 2.06. The number of halogens is 1. The van der Waals surface area contributed by atoms with Crippen molar-refractivity contribution in [3.05, 3.63) is 0 Å². The Labute approximate surface area is 76.2 Å². The van der Waals surface area contributed by atoms with Crippen LogP contribution in [0.4, 0.5) is 0 Å². The van der Waals surface area contributed by atoms with E-state index >= 15 is 0 Å². The van der Waals surface area contributed by atoms with Gasteiger partial charge in [0.25, 0.3) is 0 Å². The Hall–Kier alpha value is -0.173. The zero-order valence-corrected chi connectivity index (χ0v) is 6.26. The van der Waals surface area contributed by atoms with Crippen molar-refractivity contribution in [3.8, 4) is 0 Å². The van der Waals surface area contributed by atoms with E-state index in [9.17, 15) is 9.59 Å². The monoisotopic (exact) mass is 160 g/mol. The number of aliphatic carboxylic acids is 2. The van der Waals surface area contributed by atoms with Gasteiger partial charge >= 0.3 is 30.8 Å². The van der Waals surface area contributed by atoms with Gasteiger partial charge < -0.3 is 22.6 Å². The largest absolute Gasteiger partial charge is 1.00 e. The van der Waals surface area contributed by atoms with E-state index in [0.717, 1.165) is 0 Å². The molecule has 10 heavy (non-hydrogen) atoms. The third-order valence-electron chi connectivity index (χ3n) is 0.553. The van der Waals surface area contributed by atoms with Gasteiger partial charge in [0.1, 0.15) is 0 Å². The molecule has 0 aromatic carbocycles. The molecule has 0 aromatic rings. The molecule has 54 valence electrons. The third-order valence-corrected chi connectivity index (χ3v) is 0.553. The molecule has 0 saturated heterocycles. The molecule has 0 rings (SSSR count). The first-order valence-electron chi connectivity index (χ1n) is 2.06. The second kappa shape index (κ2) is 8.83. The van der Waals surface area contributed by atoms with Crippen LogP contribution in [-0.4, -0.2) is 22.2 Å². The molecule has 0 aliphatic rings. The normalized spacial score (nSPS) is 6.80. The van der Waals surface area contributed by atoms with Crippen molar-refractivity contribution >= 4 is 11.9 Å². The van der Waals surface area contributed by atoms with Crippen LogP contribution in [0.15, 0.2) is 0 Å². The molecule has 0 amide bonds. The molecular weight excluding hydrogens is 154 g/mol. The predicted molar refractivity (Wildman–Crippen MR) is 24.5 cm³/mol. The van der Waals surface area contributed by atoms with Crippen LogP contribution in [0.1, 0.15) is 12.8 Å². The Kier molecular flexibility index (Phi) is 14.5. The van der Waals surface area contributed by atoms with Crippen molar-refractivity contribution in [2.24, 2.45) is 0 Å². The van der Waals surface area contributed by atoms with Crippen LogP contribution < -0.4 is 31.3 Å². The van der Waals surface area contributed by atoms with Gasteiger partial charge in [-0.2, -0.15) is 0 Å². The van der Waals surface area contributed by atoms with Crippen LogP contribution in [0.5, 0.6) is 0 Å². The van der Waals surface area contributed by atoms with Gasteiger partial charge in [0.15, 0.2) is 0 Å². The van der Waals surface area contributed by atoms with E-state index in [1.54, 1.807) is 0 Å². The molecule has 0 unspecified atom stereocenters. The van der Waals surface area contributed by atoms with Crippen LogP contribution in [0, 0.1) is 0 Å². The van der Waals surface area contributed by atoms with Crippen molar-refractivity contribution in [1.82, 2.24) is 0 Å². The molecule has 0 aliphatic heterocycles. The fourth-order valence-electron chi connectivity index (χ4n) is 0.214. The van der Waals surface area contributed by atoms with Crippen molar-refractivity contribution in [2.45, 2.75) is 12.8 Å². The summed E-state index contributed by atoms with van der Waals surface area (Å²) in [5.74, 6) is -2.15. The molecular formula is C4H6ClLiO4. The van der Waals surface area contributed by atoms with E-state index in [2.05, 4.69) is 0 Å². The summed E-state index contributed by atoms with van der Waals surface area (Å²) >= 11 is 0. The van der Waals surface area contributed by atoms with E-state index in [1.165, 1.54) is 0 Å². The first kappa shape index (κ1) is 16.4. The summed E-state index contributed by atoms with van der Waals surface area (Å²) < 4.78 is 0. The number of carboxylic acids is 2. The summed E-state index contributed by atoms with van der Waals surface area (Å²) in [5, 5.41) is 15.8. The van der Waals surface area contributed by atoms with E-state index < -0.39 is 11.9 Å². The van der Waals surface area contributed by atoms with Gasteiger partial charge in [-0.05, 0) is 0 Å².